The number of nitrogens with one attached hydrogen (secondary N) is 2. The minimum atomic E-state index is -0.387. The third kappa shape index (κ3) is 3.70. The number of thiazole rings is 1. The number of piperazine rings is 1. The third-order valence-corrected chi connectivity index (χ3v) is 6.85. The van der Waals surface area contributed by atoms with Crippen molar-refractivity contribution < 1.29 is 19.8 Å². The smallest absolute Gasteiger partial charge is 0.269 e. The Bertz CT molecular complexity index is 1010. The third-order valence-electron chi connectivity index (χ3n) is 5.77. The van der Waals surface area contributed by atoms with Gasteiger partial charge in [-0.1, -0.05) is 18.3 Å². The van der Waals surface area contributed by atoms with E-state index in [-0.39, 0.29) is 22.5 Å². The average Bonchev–Trinajstić information content (AvgIpc) is 3.28. The van der Waals surface area contributed by atoms with Crippen LogP contribution >= 0.6 is 11.3 Å². The Kier molecular flexibility index (Phi) is 5.48. The van der Waals surface area contributed by atoms with E-state index >= 15 is 0 Å². The van der Waals surface area contributed by atoms with E-state index in [0.717, 1.165) is 43.2 Å². The summed E-state index contributed by atoms with van der Waals surface area (Å²) >= 11 is 1.45. The molecule has 0 amide bonds. The van der Waals surface area contributed by atoms with Crippen molar-refractivity contribution in [2.24, 2.45) is 0 Å². The monoisotopic (exact) mass is 418 g/mol. The fourth-order valence-corrected chi connectivity index (χ4v) is 5.22. The van der Waals surface area contributed by atoms with E-state index < -0.39 is 0 Å². The van der Waals surface area contributed by atoms with Crippen LogP contribution in [0, 0.1) is 10.1 Å². The van der Waals surface area contributed by atoms with Crippen molar-refractivity contribution in [2.75, 3.05) is 32.7 Å². The van der Waals surface area contributed by atoms with Gasteiger partial charge in [-0.15, -0.1) is 5.10 Å². The number of hydrogen-bond acceptors (Lipinski definition) is 6. The molecule has 1 aromatic carbocycles. The van der Waals surface area contributed by atoms with Gasteiger partial charge in [0.15, 0.2) is 11.9 Å². The van der Waals surface area contributed by atoms with Crippen molar-refractivity contribution in [3.8, 4) is 5.88 Å². The quantitative estimate of drug-likeness (QED) is 0.382. The maximum Gasteiger partial charge on any atom is 0.269 e. The van der Waals surface area contributed by atoms with Crippen LogP contribution in [0.25, 0.3) is 4.96 Å². The molecule has 1 saturated heterocycles. The Morgan fingerprint density at radius 1 is 1.24 bits per heavy atom. The maximum atomic E-state index is 11.1. The second-order valence-corrected chi connectivity index (χ2v) is 8.42. The van der Waals surface area contributed by atoms with Crippen LogP contribution in [0.1, 0.15) is 36.2 Å². The van der Waals surface area contributed by atoms with Crippen LogP contribution in [0.5, 0.6) is 5.88 Å². The summed E-state index contributed by atoms with van der Waals surface area (Å²) in [6, 6.07) is 6.59. The Morgan fingerprint density at radius 3 is 2.48 bits per heavy atom. The van der Waals surface area contributed by atoms with Crippen LogP contribution in [0.15, 0.2) is 24.3 Å². The van der Waals surface area contributed by atoms with Gasteiger partial charge >= 0.3 is 0 Å². The number of nitro groups is 1. The van der Waals surface area contributed by atoms with Gasteiger partial charge in [0, 0.05) is 24.1 Å². The number of fused-ring (bicyclic) bond motifs is 1. The molecule has 1 aliphatic heterocycles. The zero-order valence-electron chi connectivity index (χ0n) is 16.6. The molecule has 10 heteroatoms. The van der Waals surface area contributed by atoms with Gasteiger partial charge in [0.2, 0.25) is 10.8 Å². The Hall–Kier alpha value is -2.56. The van der Waals surface area contributed by atoms with Crippen molar-refractivity contribution in [3.63, 3.8) is 0 Å². The number of aromatic nitrogens is 3. The van der Waals surface area contributed by atoms with Gasteiger partial charge in [0.1, 0.15) is 31.1 Å². The van der Waals surface area contributed by atoms with Crippen molar-refractivity contribution in [1.29, 1.82) is 0 Å². The SMILES string of the molecule is CCc1nc2sc([C@@H](c3ccc([N+](=O)[O-])cc3)[NH+]3CC[NH+](CC)CC3)c(O)n2n1. The number of non-ortho nitro benzene ring substituents is 1. The lowest BCUT2D eigenvalue weighted by atomic mass is 10.0. The number of quaternary nitrogens is 2. The molecule has 0 unspecified atom stereocenters. The molecule has 0 aliphatic carbocycles. The summed E-state index contributed by atoms with van der Waals surface area (Å²) < 4.78 is 1.52. The van der Waals surface area contributed by atoms with E-state index in [1.54, 1.807) is 17.0 Å². The normalized spacial score (nSPS) is 20.8. The highest BCUT2D eigenvalue weighted by molar-refractivity contribution is 7.17. The number of benzene rings is 1. The molecule has 0 saturated carbocycles. The standard InChI is InChI=1S/C19H24N6O3S/c1-3-15-20-19-24(21-15)18(26)17(29-19)16(23-11-9-22(4-2)10-12-23)13-5-7-14(8-6-13)25(27)28/h5-8,16,26H,3-4,9-12H2,1-2H3/p+2/t16-/m1/s1. The molecule has 0 spiro atoms. The first kappa shape index (κ1) is 19.7. The number of rotatable bonds is 6. The first-order valence-corrected chi connectivity index (χ1v) is 10.8. The van der Waals surface area contributed by atoms with E-state index in [4.69, 9.17) is 0 Å². The zero-order chi connectivity index (χ0) is 20.5. The fraction of sp³-hybridized carbons (Fsp3) is 0.474. The van der Waals surface area contributed by atoms with Crippen LogP contribution in [-0.2, 0) is 6.42 Å². The van der Waals surface area contributed by atoms with Crippen LogP contribution in [0.4, 0.5) is 5.69 Å². The van der Waals surface area contributed by atoms with Crippen molar-refractivity contribution >= 4 is 22.0 Å². The highest BCUT2D eigenvalue weighted by Crippen LogP contribution is 2.35. The van der Waals surface area contributed by atoms with Crippen LogP contribution in [-0.4, -0.2) is 57.4 Å². The highest BCUT2D eigenvalue weighted by Gasteiger charge is 2.36. The molecule has 3 heterocycles. The molecule has 154 valence electrons. The van der Waals surface area contributed by atoms with Gasteiger partial charge in [0.25, 0.3) is 5.69 Å². The summed E-state index contributed by atoms with van der Waals surface area (Å²) in [6.07, 6.45) is 0.710. The molecule has 3 N–H and O–H groups in total. The summed E-state index contributed by atoms with van der Waals surface area (Å²) in [6.45, 7) is 9.36. The van der Waals surface area contributed by atoms with Crippen LogP contribution in [0.3, 0.4) is 0 Å². The van der Waals surface area contributed by atoms with Crippen LogP contribution < -0.4 is 9.80 Å². The summed E-state index contributed by atoms with van der Waals surface area (Å²) in [5.74, 6) is 0.829. The lowest BCUT2D eigenvalue weighted by Gasteiger charge is -2.34. The molecule has 0 radical (unpaired) electrons. The largest absolute Gasteiger partial charge is 0.492 e. The molecule has 9 nitrogen and oxygen atoms in total. The number of nitrogens with zero attached hydrogens (tertiary/aromatic N) is 4. The fourth-order valence-electron chi connectivity index (χ4n) is 4.06. The topological polar surface area (TPSA) is 102 Å². The van der Waals surface area contributed by atoms with Gasteiger partial charge in [-0.25, -0.2) is 4.98 Å². The predicted octanol–water partition coefficient (Wildman–Crippen LogP) is -0.140. The van der Waals surface area contributed by atoms with E-state index in [1.165, 1.54) is 20.8 Å². The van der Waals surface area contributed by atoms with Gasteiger partial charge in [-0.3, -0.25) is 10.1 Å². The van der Waals surface area contributed by atoms with E-state index in [2.05, 4.69) is 17.0 Å². The number of nitro benzene ring substituents is 1. The van der Waals surface area contributed by atoms with Gasteiger partial charge in [-0.05, 0) is 19.1 Å². The van der Waals surface area contributed by atoms with Gasteiger partial charge < -0.3 is 14.9 Å². The number of likely N-dealkylation sites (N-methyl/N-ethyl adjacent to an activating group) is 1. The summed E-state index contributed by atoms with van der Waals surface area (Å²) in [4.78, 5) is 19.6. The van der Waals surface area contributed by atoms with E-state index in [1.807, 2.05) is 19.1 Å². The minimum absolute atomic E-state index is 0.0715. The van der Waals surface area contributed by atoms with Crippen molar-refractivity contribution in [1.82, 2.24) is 14.6 Å². The van der Waals surface area contributed by atoms with E-state index in [0.29, 0.717) is 17.2 Å². The first-order valence-electron chi connectivity index (χ1n) is 10.0. The highest BCUT2D eigenvalue weighted by atomic mass is 32.1. The molecule has 4 rings (SSSR count). The average molecular weight is 419 g/mol. The Labute approximate surface area is 172 Å². The second kappa shape index (κ2) is 8.05. The molecule has 2 aromatic heterocycles. The van der Waals surface area contributed by atoms with Crippen molar-refractivity contribution in [2.45, 2.75) is 26.3 Å². The minimum Gasteiger partial charge on any atom is -0.492 e. The molecular weight excluding hydrogens is 392 g/mol. The predicted molar refractivity (Wildman–Crippen MR) is 109 cm³/mol. The summed E-state index contributed by atoms with van der Waals surface area (Å²) in [7, 11) is 0. The van der Waals surface area contributed by atoms with Crippen molar-refractivity contribution in [3.05, 3.63) is 50.6 Å². The molecule has 1 atom stereocenters. The summed E-state index contributed by atoms with van der Waals surface area (Å²) in [5.41, 5.74) is 1.03. The van der Waals surface area contributed by atoms with Crippen LogP contribution in [0.2, 0.25) is 0 Å². The number of aryl methyl sites for hydroxylation is 1. The van der Waals surface area contributed by atoms with E-state index in [9.17, 15) is 15.2 Å². The lowest BCUT2D eigenvalue weighted by molar-refractivity contribution is -1.02. The molecule has 1 fully saturated rings. The second-order valence-electron chi connectivity index (χ2n) is 7.41. The Morgan fingerprint density at radius 2 is 1.93 bits per heavy atom. The maximum absolute atomic E-state index is 11.1. The molecule has 3 aromatic rings. The summed E-state index contributed by atoms with van der Waals surface area (Å²) in [5, 5.41) is 26.4. The number of aromatic hydroxyl groups is 1. The zero-order valence-corrected chi connectivity index (χ0v) is 17.4. The first-order chi connectivity index (χ1) is 14.0. The van der Waals surface area contributed by atoms with Gasteiger partial charge in [-0.2, -0.15) is 4.52 Å². The number of hydrogen-bond donors (Lipinski definition) is 3. The molecular formula is C19H26N6O3S+2. The molecule has 0 bridgehead atoms. The lowest BCUT2D eigenvalue weighted by Crippen LogP contribution is -3.28. The molecule has 1 aliphatic rings. The molecule has 29 heavy (non-hydrogen) atoms. The Balaban J connectivity index is 1.74. The van der Waals surface area contributed by atoms with Gasteiger partial charge in [0.05, 0.1) is 11.5 Å².